The largest absolute Gasteiger partial charge is 0.0833 e. The summed E-state index contributed by atoms with van der Waals surface area (Å²) in [5, 5.41) is 0. The van der Waals surface area contributed by atoms with Gasteiger partial charge in [0.2, 0.25) is 0 Å². The minimum absolute atomic E-state index is 0.530. The molecule has 3 unspecified atom stereocenters. The Hall–Kier alpha value is 0.440. The normalized spacial score (nSPS) is 43.8. The smallest absolute Gasteiger partial charge is 0.0521 e. The van der Waals surface area contributed by atoms with Crippen molar-refractivity contribution >= 4 is 31.9 Å². The quantitative estimate of drug-likeness (QED) is 0.465. The van der Waals surface area contributed by atoms with E-state index in [1.807, 2.05) is 0 Å². The molecule has 0 saturated carbocycles. The lowest BCUT2D eigenvalue weighted by Gasteiger charge is -2.21. The van der Waals surface area contributed by atoms with Crippen LogP contribution >= 0.6 is 31.9 Å². The van der Waals surface area contributed by atoms with Gasteiger partial charge in [-0.3, -0.25) is 0 Å². The highest BCUT2D eigenvalue weighted by atomic mass is 79.9. The van der Waals surface area contributed by atoms with Gasteiger partial charge in [-0.05, 0) is 18.3 Å². The summed E-state index contributed by atoms with van der Waals surface area (Å²) in [6.45, 7) is 0. The van der Waals surface area contributed by atoms with Gasteiger partial charge >= 0.3 is 0 Å². The topological polar surface area (TPSA) is 0 Å². The monoisotopic (exact) mass is 262 g/mol. The fourth-order valence-electron chi connectivity index (χ4n) is 1.60. The fraction of sp³-hybridized carbons (Fsp3) is 0.500. The number of fused-ring (bicyclic) bond motifs is 2. The predicted octanol–water partition coefficient (Wildman–Crippen LogP) is 3.23. The summed E-state index contributed by atoms with van der Waals surface area (Å²) in [6, 6.07) is 0. The summed E-state index contributed by atoms with van der Waals surface area (Å²) in [7, 11) is 0. The van der Waals surface area contributed by atoms with E-state index in [2.05, 4.69) is 50.1 Å². The highest BCUT2D eigenvalue weighted by molar-refractivity contribution is 9.14. The molecule has 0 nitrogen and oxygen atoms in total. The first-order valence-electron chi connectivity index (χ1n) is 3.47. The standard InChI is InChI=1S/C8H8Br2/c9-7-4-5-1-2-6(3-5)8(7)10/h1-2,4-6,8H,3H2. The summed E-state index contributed by atoms with van der Waals surface area (Å²) in [6.07, 6.45) is 8.20. The first-order chi connectivity index (χ1) is 4.77. The molecular weight excluding hydrogens is 256 g/mol. The van der Waals surface area contributed by atoms with Crippen LogP contribution in [-0.2, 0) is 0 Å². The number of halogens is 2. The van der Waals surface area contributed by atoms with Crippen LogP contribution in [0.3, 0.4) is 0 Å². The van der Waals surface area contributed by atoms with Crippen LogP contribution in [0.15, 0.2) is 22.7 Å². The summed E-state index contributed by atoms with van der Waals surface area (Å²) in [5.74, 6) is 1.43. The van der Waals surface area contributed by atoms with Gasteiger partial charge in [-0.2, -0.15) is 0 Å². The molecule has 2 aliphatic rings. The lowest BCUT2D eigenvalue weighted by Crippen LogP contribution is -2.15. The summed E-state index contributed by atoms with van der Waals surface area (Å²) in [5.41, 5.74) is 0. The van der Waals surface area contributed by atoms with Crippen molar-refractivity contribution in [1.29, 1.82) is 0 Å². The van der Waals surface area contributed by atoms with Gasteiger partial charge in [0, 0.05) is 4.48 Å². The SMILES string of the molecule is BrC1=CC2C=CC(C2)C1Br. The Bertz CT molecular complexity index is 205. The summed E-state index contributed by atoms with van der Waals surface area (Å²) >= 11 is 7.19. The Morgan fingerprint density at radius 2 is 2.20 bits per heavy atom. The van der Waals surface area contributed by atoms with Crippen LogP contribution in [0.2, 0.25) is 0 Å². The highest BCUT2D eigenvalue weighted by Gasteiger charge is 2.30. The van der Waals surface area contributed by atoms with Crippen molar-refractivity contribution < 1.29 is 0 Å². The third-order valence-electron chi connectivity index (χ3n) is 2.16. The molecule has 2 heteroatoms. The molecule has 54 valence electrons. The molecule has 0 aromatic heterocycles. The molecule has 0 radical (unpaired) electrons. The fourth-order valence-corrected chi connectivity index (χ4v) is 2.82. The third-order valence-corrected chi connectivity index (χ3v) is 4.71. The molecule has 10 heavy (non-hydrogen) atoms. The first-order valence-corrected chi connectivity index (χ1v) is 5.18. The molecule has 3 atom stereocenters. The van der Waals surface area contributed by atoms with E-state index >= 15 is 0 Å². The van der Waals surface area contributed by atoms with Crippen molar-refractivity contribution in [2.75, 3.05) is 0 Å². The minimum Gasteiger partial charge on any atom is -0.0833 e. The van der Waals surface area contributed by atoms with E-state index < -0.39 is 0 Å². The molecule has 0 aliphatic heterocycles. The van der Waals surface area contributed by atoms with Crippen molar-refractivity contribution in [3.8, 4) is 0 Å². The number of hydrogen-bond acceptors (Lipinski definition) is 0. The molecule has 2 bridgehead atoms. The van der Waals surface area contributed by atoms with Crippen LogP contribution in [0.25, 0.3) is 0 Å². The molecule has 0 heterocycles. The lowest BCUT2D eigenvalue weighted by molar-refractivity contribution is 0.572. The molecule has 0 fully saturated rings. The van der Waals surface area contributed by atoms with Crippen LogP contribution in [-0.4, -0.2) is 4.83 Å². The van der Waals surface area contributed by atoms with E-state index in [0.29, 0.717) is 10.7 Å². The van der Waals surface area contributed by atoms with Crippen LogP contribution < -0.4 is 0 Å². The van der Waals surface area contributed by atoms with Crippen molar-refractivity contribution in [2.24, 2.45) is 11.8 Å². The first kappa shape index (κ1) is 7.11. The van der Waals surface area contributed by atoms with Crippen molar-refractivity contribution in [1.82, 2.24) is 0 Å². The van der Waals surface area contributed by atoms with Gasteiger partial charge in [-0.25, -0.2) is 0 Å². The van der Waals surface area contributed by atoms with E-state index in [9.17, 15) is 0 Å². The van der Waals surface area contributed by atoms with Crippen molar-refractivity contribution in [3.63, 3.8) is 0 Å². The number of alkyl halides is 1. The number of hydrogen-bond donors (Lipinski definition) is 0. The predicted molar refractivity (Wildman–Crippen MR) is 50.5 cm³/mol. The van der Waals surface area contributed by atoms with Gasteiger partial charge < -0.3 is 0 Å². The zero-order valence-electron chi connectivity index (χ0n) is 5.43. The number of rotatable bonds is 0. The number of allylic oxidation sites excluding steroid dienone is 4. The highest BCUT2D eigenvalue weighted by Crippen LogP contribution is 2.41. The van der Waals surface area contributed by atoms with Gasteiger partial charge in [-0.1, -0.05) is 50.1 Å². The van der Waals surface area contributed by atoms with E-state index in [1.54, 1.807) is 0 Å². The van der Waals surface area contributed by atoms with Crippen LogP contribution in [0.5, 0.6) is 0 Å². The van der Waals surface area contributed by atoms with Crippen LogP contribution in [0, 0.1) is 11.8 Å². The zero-order valence-corrected chi connectivity index (χ0v) is 8.60. The molecule has 0 aromatic rings. The zero-order chi connectivity index (χ0) is 7.14. The Balaban J connectivity index is 2.32. The molecular formula is C8H8Br2. The minimum atomic E-state index is 0.530. The maximum absolute atomic E-state index is 3.64. The maximum atomic E-state index is 3.64. The second-order valence-corrected chi connectivity index (χ2v) is 4.80. The van der Waals surface area contributed by atoms with Crippen molar-refractivity contribution in [2.45, 2.75) is 11.2 Å². The molecule has 0 amide bonds. The Kier molecular flexibility index (Phi) is 1.77. The van der Waals surface area contributed by atoms with Gasteiger partial charge in [0.15, 0.2) is 0 Å². The van der Waals surface area contributed by atoms with E-state index in [1.165, 1.54) is 10.9 Å². The second kappa shape index (κ2) is 2.49. The Morgan fingerprint density at radius 3 is 3.00 bits per heavy atom. The average molecular weight is 264 g/mol. The molecule has 2 rings (SSSR count). The summed E-state index contributed by atoms with van der Waals surface area (Å²) < 4.78 is 1.32. The summed E-state index contributed by atoms with van der Waals surface area (Å²) in [4.78, 5) is 0.530. The van der Waals surface area contributed by atoms with Gasteiger partial charge in [0.25, 0.3) is 0 Å². The van der Waals surface area contributed by atoms with Crippen LogP contribution in [0.1, 0.15) is 6.42 Å². The Labute approximate surface area is 77.6 Å². The lowest BCUT2D eigenvalue weighted by atomic mass is 9.94. The molecule has 0 saturated heterocycles. The third kappa shape index (κ3) is 1.02. The molecule has 0 aromatic carbocycles. The van der Waals surface area contributed by atoms with Gasteiger partial charge in [0.1, 0.15) is 0 Å². The molecule has 2 aliphatic carbocycles. The maximum Gasteiger partial charge on any atom is 0.0521 e. The van der Waals surface area contributed by atoms with E-state index in [-0.39, 0.29) is 0 Å². The average Bonchev–Trinajstić information content (AvgIpc) is 2.29. The van der Waals surface area contributed by atoms with E-state index in [0.717, 1.165) is 5.92 Å². The molecule has 0 N–H and O–H groups in total. The Morgan fingerprint density at radius 1 is 1.40 bits per heavy atom. The second-order valence-electron chi connectivity index (χ2n) is 2.90. The van der Waals surface area contributed by atoms with Crippen molar-refractivity contribution in [3.05, 3.63) is 22.7 Å². The van der Waals surface area contributed by atoms with Gasteiger partial charge in [0.05, 0.1) is 4.83 Å². The molecule has 0 spiro atoms. The van der Waals surface area contributed by atoms with Crippen LogP contribution in [0.4, 0.5) is 0 Å². The van der Waals surface area contributed by atoms with E-state index in [4.69, 9.17) is 0 Å². The van der Waals surface area contributed by atoms with Gasteiger partial charge in [-0.15, -0.1) is 0 Å².